The van der Waals surface area contributed by atoms with Gasteiger partial charge in [-0.25, -0.2) is 9.37 Å². The Hall–Kier alpha value is -3.74. The molecule has 1 N–H and O–H groups in total. The zero-order valence-electron chi connectivity index (χ0n) is 15.0. The number of rotatable bonds is 7. The Morgan fingerprint density at radius 1 is 0.929 bits per heavy atom. The fraction of sp³-hybridized carbons (Fsp3) is 0.0952. The number of anilines is 1. The van der Waals surface area contributed by atoms with Crippen LogP contribution in [0.5, 0.6) is 11.6 Å². The minimum atomic E-state index is -0.312. The highest BCUT2D eigenvalue weighted by atomic mass is 19.1. The van der Waals surface area contributed by atoms with Gasteiger partial charge in [-0.05, 0) is 41.5 Å². The summed E-state index contributed by atoms with van der Waals surface area (Å²) in [6.45, 7) is 1.33. The largest absolute Gasteiger partial charge is 0.439 e. The first-order valence-electron chi connectivity index (χ1n) is 8.80. The number of halogens is 1. The number of hydrogen-bond acceptors (Lipinski definition) is 5. The van der Waals surface area contributed by atoms with Crippen molar-refractivity contribution in [1.82, 2.24) is 19.7 Å². The van der Waals surface area contributed by atoms with Gasteiger partial charge in [-0.1, -0.05) is 24.3 Å². The van der Waals surface area contributed by atoms with Crippen LogP contribution in [-0.2, 0) is 13.1 Å². The summed E-state index contributed by atoms with van der Waals surface area (Å²) in [6.07, 6.45) is 5.32. The van der Waals surface area contributed by atoms with Gasteiger partial charge >= 0.3 is 0 Å². The molecule has 28 heavy (non-hydrogen) atoms. The average Bonchev–Trinajstić information content (AvgIpc) is 3.23. The maximum Gasteiger partial charge on any atom is 0.226 e. The average molecular weight is 375 g/mol. The summed E-state index contributed by atoms with van der Waals surface area (Å²) in [7, 11) is 0. The van der Waals surface area contributed by atoms with Gasteiger partial charge in [-0.2, -0.15) is 10.1 Å². The second kappa shape index (κ2) is 8.30. The van der Waals surface area contributed by atoms with E-state index in [2.05, 4.69) is 44.6 Å². The molecule has 0 spiro atoms. The summed E-state index contributed by atoms with van der Waals surface area (Å²) < 4.78 is 20.5. The lowest BCUT2D eigenvalue weighted by molar-refractivity contribution is 0.460. The maximum atomic E-state index is 13.0. The van der Waals surface area contributed by atoms with Crippen LogP contribution in [0.3, 0.4) is 0 Å². The first-order chi connectivity index (χ1) is 13.7. The Morgan fingerprint density at radius 2 is 1.71 bits per heavy atom. The Morgan fingerprint density at radius 3 is 2.46 bits per heavy atom. The van der Waals surface area contributed by atoms with Crippen LogP contribution in [-0.4, -0.2) is 19.7 Å². The molecule has 6 nitrogen and oxygen atoms in total. The van der Waals surface area contributed by atoms with Crippen LogP contribution in [0.1, 0.15) is 11.1 Å². The zero-order valence-corrected chi connectivity index (χ0v) is 15.0. The smallest absolute Gasteiger partial charge is 0.226 e. The van der Waals surface area contributed by atoms with Crippen LogP contribution in [0.15, 0.2) is 79.3 Å². The molecule has 2 heterocycles. The molecule has 0 saturated heterocycles. The van der Waals surface area contributed by atoms with E-state index in [4.69, 9.17) is 4.74 Å². The molecule has 0 unspecified atom stereocenters. The van der Waals surface area contributed by atoms with Gasteiger partial charge < -0.3 is 10.1 Å². The second-order valence-corrected chi connectivity index (χ2v) is 6.15. The van der Waals surface area contributed by atoms with Gasteiger partial charge in [0.2, 0.25) is 11.8 Å². The van der Waals surface area contributed by atoms with Gasteiger partial charge in [0.05, 0.1) is 6.54 Å². The quantitative estimate of drug-likeness (QED) is 0.523. The predicted molar refractivity (Wildman–Crippen MR) is 104 cm³/mol. The number of benzene rings is 2. The highest BCUT2D eigenvalue weighted by Crippen LogP contribution is 2.20. The number of ether oxygens (including phenoxy) is 1. The van der Waals surface area contributed by atoms with Gasteiger partial charge in [0.1, 0.15) is 11.6 Å². The fourth-order valence-corrected chi connectivity index (χ4v) is 2.63. The molecule has 0 aliphatic rings. The lowest BCUT2D eigenvalue weighted by Gasteiger charge is -2.08. The molecule has 0 fully saturated rings. The van der Waals surface area contributed by atoms with Gasteiger partial charge in [0, 0.05) is 31.2 Å². The molecule has 0 aliphatic carbocycles. The molecular weight excluding hydrogens is 357 g/mol. The summed E-state index contributed by atoms with van der Waals surface area (Å²) in [5, 5.41) is 7.39. The third-order valence-electron chi connectivity index (χ3n) is 4.04. The van der Waals surface area contributed by atoms with E-state index in [1.54, 1.807) is 30.6 Å². The van der Waals surface area contributed by atoms with E-state index in [1.165, 1.54) is 17.7 Å². The minimum absolute atomic E-state index is 0.312. The first kappa shape index (κ1) is 17.7. The van der Waals surface area contributed by atoms with Crippen LogP contribution in [0.2, 0.25) is 0 Å². The van der Waals surface area contributed by atoms with Gasteiger partial charge in [0.25, 0.3) is 0 Å². The van der Waals surface area contributed by atoms with Crippen molar-refractivity contribution in [3.63, 3.8) is 0 Å². The van der Waals surface area contributed by atoms with Crippen molar-refractivity contribution >= 4 is 5.95 Å². The van der Waals surface area contributed by atoms with Crippen molar-refractivity contribution in [2.45, 2.75) is 13.1 Å². The normalized spacial score (nSPS) is 10.6. The molecule has 0 amide bonds. The van der Waals surface area contributed by atoms with E-state index in [-0.39, 0.29) is 5.82 Å². The Kier molecular flexibility index (Phi) is 5.24. The Bertz CT molecular complexity index is 1020. The first-order valence-corrected chi connectivity index (χ1v) is 8.80. The summed E-state index contributed by atoms with van der Waals surface area (Å²) in [5.74, 6) is 1.05. The monoisotopic (exact) mass is 375 g/mol. The number of nitrogens with one attached hydrogen (secondary N) is 1. The van der Waals surface area contributed by atoms with E-state index < -0.39 is 0 Å². The Labute approximate surface area is 161 Å². The Balaban J connectivity index is 1.35. The van der Waals surface area contributed by atoms with Crippen molar-refractivity contribution in [2.75, 3.05) is 5.32 Å². The van der Waals surface area contributed by atoms with Crippen molar-refractivity contribution in [1.29, 1.82) is 0 Å². The molecule has 7 heteroatoms. The van der Waals surface area contributed by atoms with E-state index >= 15 is 0 Å². The summed E-state index contributed by atoms with van der Waals surface area (Å²) >= 11 is 0. The predicted octanol–water partition coefficient (Wildman–Crippen LogP) is 4.26. The van der Waals surface area contributed by atoms with Crippen molar-refractivity contribution < 1.29 is 9.13 Å². The van der Waals surface area contributed by atoms with Crippen molar-refractivity contribution in [2.24, 2.45) is 0 Å². The molecular formula is C21H18FN5O. The number of hydrogen-bond donors (Lipinski definition) is 1. The molecule has 140 valence electrons. The van der Waals surface area contributed by atoms with Gasteiger partial charge in [-0.15, -0.1) is 0 Å². The van der Waals surface area contributed by atoms with Crippen LogP contribution >= 0.6 is 0 Å². The van der Waals surface area contributed by atoms with Crippen molar-refractivity contribution in [3.05, 3.63) is 96.2 Å². The van der Waals surface area contributed by atoms with Gasteiger partial charge in [0.15, 0.2) is 0 Å². The van der Waals surface area contributed by atoms with E-state index in [0.717, 1.165) is 12.1 Å². The van der Waals surface area contributed by atoms with Crippen molar-refractivity contribution in [3.8, 4) is 11.6 Å². The SMILES string of the molecule is Fc1ccc(Oc2ccnc(NCc3ccc(Cn4cccn4)cc3)n2)cc1. The summed E-state index contributed by atoms with van der Waals surface area (Å²) in [5.41, 5.74) is 2.29. The molecule has 0 radical (unpaired) electrons. The maximum absolute atomic E-state index is 13.0. The number of nitrogens with zero attached hydrogens (tertiary/aromatic N) is 4. The molecule has 2 aromatic carbocycles. The van der Waals surface area contributed by atoms with Crippen LogP contribution < -0.4 is 10.1 Å². The van der Waals surface area contributed by atoms with E-state index in [9.17, 15) is 4.39 Å². The standard InChI is InChI=1S/C21H18FN5O/c22-18-6-8-19(9-7-18)28-20-10-12-23-21(26-20)24-14-16-2-4-17(5-3-16)15-27-13-1-11-25-27/h1-13H,14-15H2,(H,23,24,26). The topological polar surface area (TPSA) is 64.9 Å². The highest BCUT2D eigenvalue weighted by molar-refractivity contribution is 5.33. The lowest BCUT2D eigenvalue weighted by Crippen LogP contribution is -2.04. The lowest BCUT2D eigenvalue weighted by atomic mass is 10.1. The van der Waals surface area contributed by atoms with Gasteiger partial charge in [-0.3, -0.25) is 4.68 Å². The second-order valence-electron chi connectivity index (χ2n) is 6.15. The third-order valence-corrected chi connectivity index (χ3v) is 4.04. The fourth-order valence-electron chi connectivity index (χ4n) is 2.63. The molecule has 4 rings (SSSR count). The zero-order chi connectivity index (χ0) is 19.2. The number of aromatic nitrogens is 4. The third kappa shape index (κ3) is 4.70. The molecule has 4 aromatic rings. The minimum Gasteiger partial charge on any atom is -0.439 e. The summed E-state index contributed by atoms with van der Waals surface area (Å²) in [4.78, 5) is 8.53. The molecule has 2 aromatic heterocycles. The molecule has 0 aliphatic heterocycles. The molecule has 0 saturated carbocycles. The van der Waals surface area contributed by atoms with Crippen LogP contribution in [0, 0.1) is 5.82 Å². The van der Waals surface area contributed by atoms with E-state index in [0.29, 0.717) is 24.1 Å². The molecule has 0 bridgehead atoms. The summed E-state index contributed by atoms with van der Waals surface area (Å²) in [6, 6.07) is 17.6. The molecule has 0 atom stereocenters. The van der Waals surface area contributed by atoms with E-state index in [1.807, 2.05) is 16.9 Å². The highest BCUT2D eigenvalue weighted by Gasteiger charge is 2.03. The van der Waals surface area contributed by atoms with Crippen LogP contribution in [0.25, 0.3) is 0 Å². The van der Waals surface area contributed by atoms with Crippen LogP contribution in [0.4, 0.5) is 10.3 Å².